The first-order valence-corrected chi connectivity index (χ1v) is 4.61. The average molecular weight is 253 g/mol. The third kappa shape index (κ3) is 2.85. The number of aryl methyl sites for hydroxylation is 1. The van der Waals surface area contributed by atoms with Crippen LogP contribution in [0.2, 0.25) is 5.15 Å². The molecule has 0 spiro atoms. The van der Waals surface area contributed by atoms with E-state index in [1.165, 1.54) is 13.8 Å². The minimum Gasteiger partial charge on any atom is -0.311 e. The zero-order chi connectivity index (χ0) is 12.5. The Morgan fingerprint density at radius 1 is 1.50 bits per heavy atom. The molecule has 1 rings (SSSR count). The van der Waals surface area contributed by atoms with Crippen molar-refractivity contribution in [2.75, 3.05) is 5.32 Å². The van der Waals surface area contributed by atoms with Crippen LogP contribution < -0.4 is 5.32 Å². The number of nitrogens with one attached hydrogen (secondary N) is 1. The quantitative estimate of drug-likeness (QED) is 0.781. The lowest BCUT2D eigenvalue weighted by Crippen LogP contribution is -2.13. The number of pyridine rings is 1. The number of nitrogens with zero attached hydrogens (tertiary/aromatic N) is 1. The van der Waals surface area contributed by atoms with Crippen LogP contribution in [0.25, 0.3) is 0 Å². The van der Waals surface area contributed by atoms with Gasteiger partial charge in [-0.1, -0.05) is 11.6 Å². The van der Waals surface area contributed by atoms with E-state index in [0.29, 0.717) is 0 Å². The molecule has 0 unspecified atom stereocenters. The van der Waals surface area contributed by atoms with Gasteiger partial charge in [-0.25, -0.2) is 4.98 Å². The van der Waals surface area contributed by atoms with Gasteiger partial charge in [-0.3, -0.25) is 4.79 Å². The Bertz CT molecular complexity index is 408. The molecule has 0 radical (unpaired) electrons. The van der Waals surface area contributed by atoms with Crippen molar-refractivity contribution in [2.24, 2.45) is 0 Å². The highest BCUT2D eigenvalue weighted by Gasteiger charge is 2.36. The first-order chi connectivity index (χ1) is 7.21. The number of anilines is 1. The van der Waals surface area contributed by atoms with Crippen molar-refractivity contribution >= 4 is 23.3 Å². The standard InChI is InChI=1S/C9H8ClF3N2O/c1-4-3-6(14-5(2)16)15-8(10)7(4)9(11,12)13/h3H,1-2H3,(H,14,15,16). The van der Waals surface area contributed by atoms with Gasteiger partial charge < -0.3 is 5.32 Å². The van der Waals surface area contributed by atoms with Crippen LogP contribution in [0, 0.1) is 6.92 Å². The summed E-state index contributed by atoms with van der Waals surface area (Å²) in [6, 6.07) is 1.12. The summed E-state index contributed by atoms with van der Waals surface area (Å²) >= 11 is 5.42. The molecule has 0 aliphatic heterocycles. The zero-order valence-corrected chi connectivity index (χ0v) is 9.20. The highest BCUT2D eigenvalue weighted by molar-refractivity contribution is 6.30. The van der Waals surface area contributed by atoms with Crippen molar-refractivity contribution < 1.29 is 18.0 Å². The van der Waals surface area contributed by atoms with Gasteiger partial charge >= 0.3 is 6.18 Å². The van der Waals surface area contributed by atoms with E-state index >= 15 is 0 Å². The highest BCUT2D eigenvalue weighted by atomic mass is 35.5. The number of aromatic nitrogens is 1. The molecule has 0 aliphatic carbocycles. The fraction of sp³-hybridized carbons (Fsp3) is 0.333. The minimum absolute atomic E-state index is 0.00278. The lowest BCUT2D eigenvalue weighted by Gasteiger charge is -2.13. The maximum atomic E-state index is 12.5. The number of carbonyl (C=O) groups is 1. The van der Waals surface area contributed by atoms with Gasteiger partial charge in [-0.15, -0.1) is 0 Å². The van der Waals surface area contributed by atoms with E-state index in [9.17, 15) is 18.0 Å². The second kappa shape index (κ2) is 4.29. The molecule has 0 aromatic carbocycles. The van der Waals surface area contributed by atoms with E-state index in [1.807, 2.05) is 0 Å². The summed E-state index contributed by atoms with van der Waals surface area (Å²) in [5.74, 6) is -0.425. The molecule has 1 aromatic heterocycles. The first-order valence-electron chi connectivity index (χ1n) is 4.23. The normalized spacial score (nSPS) is 11.4. The lowest BCUT2D eigenvalue weighted by atomic mass is 10.1. The zero-order valence-electron chi connectivity index (χ0n) is 8.44. The van der Waals surface area contributed by atoms with E-state index in [0.717, 1.165) is 6.07 Å². The number of hydrogen-bond acceptors (Lipinski definition) is 2. The van der Waals surface area contributed by atoms with Crippen molar-refractivity contribution in [2.45, 2.75) is 20.0 Å². The van der Waals surface area contributed by atoms with Gasteiger partial charge in [0.1, 0.15) is 11.0 Å². The molecule has 0 saturated carbocycles. The molecular weight excluding hydrogens is 245 g/mol. The molecule has 1 amide bonds. The maximum Gasteiger partial charge on any atom is 0.419 e. The summed E-state index contributed by atoms with van der Waals surface area (Å²) < 4.78 is 37.5. The van der Waals surface area contributed by atoms with Gasteiger partial charge in [0.25, 0.3) is 0 Å². The SMILES string of the molecule is CC(=O)Nc1cc(C)c(C(F)(F)F)c(Cl)n1. The molecule has 0 bridgehead atoms. The molecule has 1 N–H and O–H groups in total. The van der Waals surface area contributed by atoms with E-state index < -0.39 is 22.8 Å². The largest absolute Gasteiger partial charge is 0.419 e. The predicted molar refractivity (Wildman–Crippen MR) is 53.3 cm³/mol. The predicted octanol–water partition coefficient (Wildman–Crippen LogP) is 3.02. The van der Waals surface area contributed by atoms with Crippen LogP contribution in [0.1, 0.15) is 18.1 Å². The van der Waals surface area contributed by atoms with Crippen molar-refractivity contribution in [1.82, 2.24) is 4.98 Å². The number of rotatable bonds is 1. The molecule has 16 heavy (non-hydrogen) atoms. The van der Waals surface area contributed by atoms with Crippen LogP contribution in [0.4, 0.5) is 19.0 Å². The van der Waals surface area contributed by atoms with Gasteiger partial charge in [-0.05, 0) is 18.6 Å². The summed E-state index contributed by atoms with van der Waals surface area (Å²) in [7, 11) is 0. The Morgan fingerprint density at radius 2 is 2.06 bits per heavy atom. The van der Waals surface area contributed by atoms with Crippen molar-refractivity contribution in [1.29, 1.82) is 0 Å². The molecule has 1 aromatic rings. The summed E-state index contributed by atoms with van der Waals surface area (Å²) in [5.41, 5.74) is -1.07. The Balaban J connectivity index is 3.23. The molecule has 7 heteroatoms. The second-order valence-electron chi connectivity index (χ2n) is 3.17. The molecule has 0 aliphatic rings. The molecular formula is C9H8ClF3N2O. The Morgan fingerprint density at radius 3 is 2.44 bits per heavy atom. The van der Waals surface area contributed by atoms with E-state index in [2.05, 4.69) is 10.3 Å². The number of alkyl halides is 3. The third-order valence-corrected chi connectivity index (χ3v) is 2.03. The monoisotopic (exact) mass is 252 g/mol. The summed E-state index contributed by atoms with van der Waals surface area (Å²) in [6.45, 7) is 2.48. The Hall–Kier alpha value is -1.30. The number of carbonyl (C=O) groups excluding carboxylic acids is 1. The van der Waals surface area contributed by atoms with Crippen molar-refractivity contribution in [3.63, 3.8) is 0 Å². The molecule has 0 fully saturated rings. The van der Waals surface area contributed by atoms with Gasteiger partial charge in [0, 0.05) is 6.92 Å². The van der Waals surface area contributed by atoms with Crippen LogP contribution >= 0.6 is 11.6 Å². The van der Waals surface area contributed by atoms with Crippen LogP contribution in [0.15, 0.2) is 6.07 Å². The van der Waals surface area contributed by atoms with Crippen molar-refractivity contribution in [3.05, 3.63) is 22.3 Å². The van der Waals surface area contributed by atoms with Crippen molar-refractivity contribution in [3.8, 4) is 0 Å². The maximum absolute atomic E-state index is 12.5. The van der Waals surface area contributed by atoms with Crippen LogP contribution in [0.5, 0.6) is 0 Å². The highest BCUT2D eigenvalue weighted by Crippen LogP contribution is 2.36. The topological polar surface area (TPSA) is 42.0 Å². The second-order valence-corrected chi connectivity index (χ2v) is 3.53. The first kappa shape index (κ1) is 12.8. The van der Waals surface area contributed by atoms with Gasteiger partial charge in [0.2, 0.25) is 5.91 Å². The smallest absolute Gasteiger partial charge is 0.311 e. The molecule has 3 nitrogen and oxygen atoms in total. The fourth-order valence-corrected chi connectivity index (χ4v) is 1.57. The number of hydrogen-bond donors (Lipinski definition) is 1. The van der Waals surface area contributed by atoms with Crippen LogP contribution in [-0.2, 0) is 11.0 Å². The fourth-order valence-electron chi connectivity index (χ4n) is 1.22. The molecule has 0 saturated heterocycles. The summed E-state index contributed by atoms with van der Waals surface area (Å²) in [5, 5.41) is 1.59. The third-order valence-electron chi connectivity index (χ3n) is 1.76. The molecule has 88 valence electrons. The Kier molecular flexibility index (Phi) is 3.42. The lowest BCUT2D eigenvalue weighted by molar-refractivity contribution is -0.138. The molecule has 1 heterocycles. The summed E-state index contributed by atoms with van der Waals surface area (Å²) in [6.07, 6.45) is -4.55. The van der Waals surface area contributed by atoms with Crippen LogP contribution in [0.3, 0.4) is 0 Å². The average Bonchev–Trinajstić information content (AvgIpc) is 1.96. The Labute approximate surface area is 94.6 Å². The van der Waals surface area contributed by atoms with E-state index in [1.54, 1.807) is 0 Å². The summed E-state index contributed by atoms with van der Waals surface area (Å²) in [4.78, 5) is 14.2. The van der Waals surface area contributed by atoms with Gasteiger partial charge in [-0.2, -0.15) is 13.2 Å². The number of amides is 1. The van der Waals surface area contributed by atoms with Gasteiger partial charge in [0.15, 0.2) is 0 Å². The molecule has 0 atom stereocenters. The van der Waals surface area contributed by atoms with E-state index in [-0.39, 0.29) is 11.4 Å². The van der Waals surface area contributed by atoms with Gasteiger partial charge in [0.05, 0.1) is 5.56 Å². The van der Waals surface area contributed by atoms with E-state index in [4.69, 9.17) is 11.6 Å². The van der Waals surface area contributed by atoms with Crippen LogP contribution in [-0.4, -0.2) is 10.9 Å². The minimum atomic E-state index is -4.55. The number of halogens is 4.